The Morgan fingerprint density at radius 2 is 2.00 bits per heavy atom. The largest absolute Gasteiger partial charge is 0.497 e. The second-order valence-electron chi connectivity index (χ2n) is 5.52. The van der Waals surface area contributed by atoms with Gasteiger partial charge in [-0.05, 0) is 31.2 Å². The Labute approximate surface area is 158 Å². The van der Waals surface area contributed by atoms with Crippen LogP contribution in [0.4, 0.5) is 5.69 Å². The second kappa shape index (κ2) is 7.58. The second-order valence-corrected chi connectivity index (χ2v) is 6.53. The number of amides is 1. The van der Waals surface area contributed by atoms with Gasteiger partial charge in [0.15, 0.2) is 4.80 Å². The van der Waals surface area contributed by atoms with Crippen molar-refractivity contribution in [3.8, 4) is 11.5 Å². The van der Waals surface area contributed by atoms with E-state index in [1.807, 2.05) is 6.92 Å². The highest BCUT2D eigenvalue weighted by molar-refractivity contribution is 7.16. The monoisotopic (exact) mass is 387 g/mol. The van der Waals surface area contributed by atoms with Crippen molar-refractivity contribution in [1.29, 1.82) is 0 Å². The number of carbonyl (C=O) groups is 1. The summed E-state index contributed by atoms with van der Waals surface area (Å²) in [6.45, 7) is 2.41. The first-order valence-corrected chi connectivity index (χ1v) is 8.89. The van der Waals surface area contributed by atoms with Gasteiger partial charge in [0.1, 0.15) is 11.5 Å². The fourth-order valence-electron chi connectivity index (χ4n) is 2.69. The lowest BCUT2D eigenvalue weighted by Gasteiger charge is -2.07. The van der Waals surface area contributed by atoms with Gasteiger partial charge >= 0.3 is 0 Å². The number of ether oxygens (including phenoxy) is 2. The van der Waals surface area contributed by atoms with Crippen molar-refractivity contribution in [3.05, 3.63) is 56.9 Å². The van der Waals surface area contributed by atoms with Crippen molar-refractivity contribution < 1.29 is 19.2 Å². The summed E-state index contributed by atoms with van der Waals surface area (Å²) in [7, 11) is 2.99. The van der Waals surface area contributed by atoms with Crippen LogP contribution in [0.5, 0.6) is 11.5 Å². The molecule has 0 N–H and O–H groups in total. The van der Waals surface area contributed by atoms with Gasteiger partial charge in [0, 0.05) is 18.7 Å². The minimum atomic E-state index is -0.478. The van der Waals surface area contributed by atoms with Gasteiger partial charge in [-0.15, -0.1) is 0 Å². The molecule has 1 amide bonds. The molecule has 1 heterocycles. The topological polar surface area (TPSA) is 96.0 Å². The Morgan fingerprint density at radius 3 is 2.63 bits per heavy atom. The summed E-state index contributed by atoms with van der Waals surface area (Å²) in [5.41, 5.74) is 0.943. The minimum Gasteiger partial charge on any atom is -0.497 e. The summed E-state index contributed by atoms with van der Waals surface area (Å²) >= 11 is 1.30. The quantitative estimate of drug-likeness (QED) is 0.494. The maximum atomic E-state index is 12.8. The third-order valence-corrected chi connectivity index (χ3v) is 5.09. The van der Waals surface area contributed by atoms with Gasteiger partial charge in [0.2, 0.25) is 0 Å². The number of nitro groups is 1. The molecule has 0 unspecified atom stereocenters. The number of fused-ring (bicyclic) bond motifs is 1. The third-order valence-electron chi connectivity index (χ3n) is 4.03. The highest BCUT2D eigenvalue weighted by atomic mass is 32.1. The van der Waals surface area contributed by atoms with E-state index in [2.05, 4.69) is 4.99 Å². The Kier molecular flexibility index (Phi) is 5.22. The number of hydrogen-bond donors (Lipinski definition) is 0. The zero-order chi connectivity index (χ0) is 19.6. The SMILES string of the molecule is CCn1c(=NC(=O)c2cc(OC)ccc2OC)sc2ccc([N+](=O)[O-])cc21. The van der Waals surface area contributed by atoms with E-state index in [1.54, 1.807) is 28.8 Å². The summed E-state index contributed by atoms with van der Waals surface area (Å²) in [5.74, 6) is 0.433. The number of non-ortho nitro benzene ring substituents is 1. The Morgan fingerprint density at radius 1 is 1.22 bits per heavy atom. The van der Waals surface area contributed by atoms with Crippen molar-refractivity contribution in [2.45, 2.75) is 13.5 Å². The normalized spacial score (nSPS) is 11.6. The van der Waals surface area contributed by atoms with Crippen LogP contribution in [0.1, 0.15) is 17.3 Å². The van der Waals surface area contributed by atoms with Gasteiger partial charge in [0.25, 0.3) is 11.6 Å². The van der Waals surface area contributed by atoms with E-state index in [0.717, 1.165) is 4.70 Å². The Balaban J connectivity index is 2.15. The molecule has 27 heavy (non-hydrogen) atoms. The molecular weight excluding hydrogens is 370 g/mol. The Hall–Kier alpha value is -3.20. The molecule has 0 spiro atoms. The van der Waals surface area contributed by atoms with Crippen molar-refractivity contribution in [1.82, 2.24) is 4.57 Å². The van der Waals surface area contributed by atoms with Gasteiger partial charge in [0.05, 0.1) is 34.9 Å². The van der Waals surface area contributed by atoms with E-state index in [4.69, 9.17) is 9.47 Å². The zero-order valence-corrected chi connectivity index (χ0v) is 15.8. The summed E-state index contributed by atoms with van der Waals surface area (Å²) in [6, 6.07) is 9.50. The zero-order valence-electron chi connectivity index (χ0n) is 15.0. The number of aryl methyl sites for hydroxylation is 1. The number of nitrogens with zero attached hydrogens (tertiary/aromatic N) is 3. The van der Waals surface area contributed by atoms with Crippen LogP contribution in [0, 0.1) is 10.1 Å². The predicted molar refractivity (Wildman–Crippen MR) is 102 cm³/mol. The molecule has 3 aromatic rings. The lowest BCUT2D eigenvalue weighted by atomic mass is 10.2. The third kappa shape index (κ3) is 3.54. The van der Waals surface area contributed by atoms with Crippen LogP contribution in [-0.4, -0.2) is 29.6 Å². The molecule has 3 rings (SSSR count). The fraction of sp³-hybridized carbons (Fsp3) is 0.222. The minimum absolute atomic E-state index is 0.00478. The first-order valence-electron chi connectivity index (χ1n) is 8.07. The summed E-state index contributed by atoms with van der Waals surface area (Å²) in [5, 5.41) is 11.0. The van der Waals surface area contributed by atoms with Crippen LogP contribution in [0.15, 0.2) is 41.4 Å². The number of carbonyl (C=O) groups excluding carboxylic acids is 1. The molecule has 0 saturated carbocycles. The molecule has 2 aromatic carbocycles. The average molecular weight is 387 g/mol. The smallest absolute Gasteiger partial charge is 0.283 e. The van der Waals surface area contributed by atoms with Crippen LogP contribution in [0.25, 0.3) is 10.2 Å². The lowest BCUT2D eigenvalue weighted by Crippen LogP contribution is -2.16. The van der Waals surface area contributed by atoms with Gasteiger partial charge in [-0.2, -0.15) is 4.99 Å². The molecule has 0 aliphatic carbocycles. The van der Waals surface area contributed by atoms with Crippen LogP contribution in [-0.2, 0) is 6.54 Å². The molecule has 140 valence electrons. The highest BCUT2D eigenvalue weighted by Crippen LogP contribution is 2.26. The molecule has 1 aromatic heterocycles. The van der Waals surface area contributed by atoms with Crippen LogP contribution in [0.2, 0.25) is 0 Å². The molecular formula is C18H17N3O5S. The number of benzene rings is 2. The van der Waals surface area contributed by atoms with Gasteiger partial charge in [-0.1, -0.05) is 11.3 Å². The number of aromatic nitrogens is 1. The first-order chi connectivity index (χ1) is 13.0. The number of methoxy groups -OCH3 is 2. The van der Waals surface area contributed by atoms with E-state index >= 15 is 0 Å². The van der Waals surface area contributed by atoms with Crippen molar-refractivity contribution >= 4 is 33.1 Å². The molecule has 9 heteroatoms. The van der Waals surface area contributed by atoms with Crippen LogP contribution >= 0.6 is 11.3 Å². The summed E-state index contributed by atoms with van der Waals surface area (Å²) in [4.78, 5) is 28.1. The number of nitro benzene ring substituents is 1. The van der Waals surface area contributed by atoms with E-state index in [0.29, 0.717) is 28.4 Å². The summed E-state index contributed by atoms with van der Waals surface area (Å²) < 4.78 is 13.0. The standard InChI is InChI=1S/C18H17N3O5S/c1-4-20-14-9-11(21(23)24)5-8-16(14)27-18(20)19-17(22)13-10-12(25-2)6-7-15(13)26-3/h5-10H,4H2,1-3H3. The number of thiazole rings is 1. The van der Waals surface area contributed by atoms with E-state index in [9.17, 15) is 14.9 Å². The maximum absolute atomic E-state index is 12.8. The van der Waals surface area contributed by atoms with E-state index < -0.39 is 10.8 Å². The van der Waals surface area contributed by atoms with Gasteiger partial charge < -0.3 is 14.0 Å². The molecule has 0 aliphatic heterocycles. The molecule has 0 atom stereocenters. The lowest BCUT2D eigenvalue weighted by molar-refractivity contribution is -0.384. The van der Waals surface area contributed by atoms with Gasteiger partial charge in [-0.3, -0.25) is 14.9 Å². The van der Waals surface area contributed by atoms with Crippen LogP contribution < -0.4 is 14.3 Å². The highest BCUT2D eigenvalue weighted by Gasteiger charge is 2.15. The van der Waals surface area contributed by atoms with E-state index in [-0.39, 0.29) is 11.3 Å². The summed E-state index contributed by atoms with van der Waals surface area (Å²) in [6.07, 6.45) is 0. The number of hydrogen-bond acceptors (Lipinski definition) is 6. The predicted octanol–water partition coefficient (Wildman–Crippen LogP) is 3.39. The molecule has 0 radical (unpaired) electrons. The first kappa shape index (κ1) is 18.6. The van der Waals surface area contributed by atoms with E-state index in [1.165, 1.54) is 37.7 Å². The fourth-order valence-corrected chi connectivity index (χ4v) is 3.76. The Bertz CT molecular complexity index is 1100. The average Bonchev–Trinajstić information content (AvgIpc) is 3.03. The van der Waals surface area contributed by atoms with Crippen LogP contribution in [0.3, 0.4) is 0 Å². The molecule has 0 fully saturated rings. The van der Waals surface area contributed by atoms with Crippen molar-refractivity contribution in [3.63, 3.8) is 0 Å². The molecule has 0 saturated heterocycles. The maximum Gasteiger partial charge on any atom is 0.283 e. The van der Waals surface area contributed by atoms with Crippen molar-refractivity contribution in [2.75, 3.05) is 14.2 Å². The molecule has 8 nitrogen and oxygen atoms in total. The number of rotatable bonds is 5. The van der Waals surface area contributed by atoms with Gasteiger partial charge in [-0.25, -0.2) is 0 Å². The molecule has 0 aliphatic rings. The van der Waals surface area contributed by atoms with Crippen molar-refractivity contribution in [2.24, 2.45) is 4.99 Å². The molecule has 0 bridgehead atoms.